The Hall–Kier alpha value is -1.02. The van der Waals surface area contributed by atoms with Gasteiger partial charge in [-0.25, -0.2) is 0 Å². The lowest BCUT2D eigenvalue weighted by Gasteiger charge is -2.24. The number of hydrogen-bond acceptors (Lipinski definition) is 2. The zero-order valence-corrected chi connectivity index (χ0v) is 10.1. The Morgan fingerprint density at radius 2 is 2.12 bits per heavy atom. The summed E-state index contributed by atoms with van der Waals surface area (Å²) in [7, 11) is 0. The number of nitrogens with one attached hydrogen (secondary N) is 2. The van der Waals surface area contributed by atoms with Gasteiger partial charge in [-0.2, -0.15) is 0 Å². The molecule has 2 heteroatoms. The van der Waals surface area contributed by atoms with Gasteiger partial charge in [-0.1, -0.05) is 25.5 Å². The summed E-state index contributed by atoms with van der Waals surface area (Å²) in [5.41, 5.74) is 2.74. The van der Waals surface area contributed by atoms with Crippen LogP contribution < -0.4 is 10.6 Å². The van der Waals surface area contributed by atoms with E-state index in [1.807, 2.05) is 0 Å². The summed E-state index contributed by atoms with van der Waals surface area (Å²) in [6, 6.07) is 9.51. The van der Waals surface area contributed by atoms with Gasteiger partial charge in [-0.15, -0.1) is 0 Å². The van der Waals surface area contributed by atoms with Crippen LogP contribution in [0.15, 0.2) is 24.3 Å². The lowest BCUT2D eigenvalue weighted by molar-refractivity contribution is 0.479. The molecule has 16 heavy (non-hydrogen) atoms. The molecule has 0 aliphatic carbocycles. The Morgan fingerprint density at radius 1 is 1.31 bits per heavy atom. The van der Waals surface area contributed by atoms with Gasteiger partial charge in [0.05, 0.1) is 0 Å². The number of anilines is 1. The van der Waals surface area contributed by atoms with Crippen molar-refractivity contribution in [3.05, 3.63) is 29.8 Å². The maximum atomic E-state index is 3.64. The van der Waals surface area contributed by atoms with E-state index in [9.17, 15) is 0 Å². The molecule has 0 atom stereocenters. The van der Waals surface area contributed by atoms with E-state index >= 15 is 0 Å². The van der Waals surface area contributed by atoms with Crippen LogP contribution in [0.25, 0.3) is 0 Å². The average Bonchev–Trinajstić information content (AvgIpc) is 2.31. The number of aryl methyl sites for hydroxylation is 1. The highest BCUT2D eigenvalue weighted by Gasteiger charge is 2.12. The molecule has 2 nitrogen and oxygen atoms in total. The van der Waals surface area contributed by atoms with E-state index in [4.69, 9.17) is 0 Å². The zero-order chi connectivity index (χ0) is 11.2. The quantitative estimate of drug-likeness (QED) is 0.812. The first kappa shape index (κ1) is 11.5. The van der Waals surface area contributed by atoms with Crippen molar-refractivity contribution in [2.45, 2.75) is 38.6 Å². The van der Waals surface area contributed by atoms with Crippen LogP contribution in [-0.4, -0.2) is 19.1 Å². The largest absolute Gasteiger partial charge is 0.382 e. The highest BCUT2D eigenvalue weighted by atomic mass is 15.0. The Kier molecular flexibility index (Phi) is 4.23. The first-order valence-corrected chi connectivity index (χ1v) is 6.44. The van der Waals surface area contributed by atoms with Crippen molar-refractivity contribution in [2.75, 3.05) is 18.4 Å². The smallest absolute Gasteiger partial charge is 0.0345 e. The molecular weight excluding hydrogens is 196 g/mol. The molecule has 0 radical (unpaired) electrons. The first-order chi connectivity index (χ1) is 7.88. The minimum atomic E-state index is 0.651. The Morgan fingerprint density at radius 3 is 2.88 bits per heavy atom. The number of hydrogen-bond donors (Lipinski definition) is 2. The average molecular weight is 218 g/mol. The van der Waals surface area contributed by atoms with Crippen LogP contribution in [0.3, 0.4) is 0 Å². The van der Waals surface area contributed by atoms with Gasteiger partial charge in [0.2, 0.25) is 0 Å². The minimum Gasteiger partial charge on any atom is -0.382 e. The fourth-order valence-electron chi connectivity index (χ4n) is 2.31. The third kappa shape index (κ3) is 3.24. The molecular formula is C14H22N2. The Labute approximate surface area is 98.4 Å². The fraction of sp³-hybridized carbons (Fsp3) is 0.571. The molecule has 2 rings (SSSR count). The molecule has 0 aromatic heterocycles. The standard InChI is InChI=1S/C14H22N2/c1-2-4-12-5-3-6-14(11-12)16-13-7-9-15-10-8-13/h3,5-6,11,13,15-16H,2,4,7-10H2,1H3. The Balaban J connectivity index is 1.94. The molecule has 1 saturated heterocycles. The van der Waals surface area contributed by atoms with Gasteiger partial charge >= 0.3 is 0 Å². The summed E-state index contributed by atoms with van der Waals surface area (Å²) in [4.78, 5) is 0. The molecule has 1 heterocycles. The molecule has 1 aliphatic rings. The van der Waals surface area contributed by atoms with Crippen LogP contribution >= 0.6 is 0 Å². The Bertz CT molecular complexity index is 316. The maximum absolute atomic E-state index is 3.64. The van der Waals surface area contributed by atoms with Crippen molar-refractivity contribution in [3.63, 3.8) is 0 Å². The summed E-state index contributed by atoms with van der Waals surface area (Å²) in [5.74, 6) is 0. The number of rotatable bonds is 4. The molecule has 0 spiro atoms. The molecule has 1 aromatic carbocycles. The highest BCUT2D eigenvalue weighted by molar-refractivity contribution is 5.46. The fourth-order valence-corrected chi connectivity index (χ4v) is 2.31. The van der Waals surface area contributed by atoms with Crippen molar-refractivity contribution in [2.24, 2.45) is 0 Å². The normalized spacial score (nSPS) is 17.3. The van der Waals surface area contributed by atoms with E-state index in [0.717, 1.165) is 13.1 Å². The third-order valence-electron chi connectivity index (χ3n) is 3.18. The van der Waals surface area contributed by atoms with Gasteiger partial charge in [-0.05, 0) is 50.0 Å². The highest BCUT2D eigenvalue weighted by Crippen LogP contribution is 2.16. The van der Waals surface area contributed by atoms with E-state index in [-0.39, 0.29) is 0 Å². The van der Waals surface area contributed by atoms with Gasteiger partial charge in [0, 0.05) is 11.7 Å². The molecule has 0 saturated carbocycles. The second-order valence-electron chi connectivity index (χ2n) is 4.62. The van der Waals surface area contributed by atoms with Crippen molar-refractivity contribution in [3.8, 4) is 0 Å². The second kappa shape index (κ2) is 5.90. The van der Waals surface area contributed by atoms with Crippen LogP contribution in [0.5, 0.6) is 0 Å². The van der Waals surface area contributed by atoms with Crippen molar-refractivity contribution in [1.82, 2.24) is 5.32 Å². The number of piperidine rings is 1. The topological polar surface area (TPSA) is 24.1 Å². The SMILES string of the molecule is CCCc1cccc(NC2CCNCC2)c1. The van der Waals surface area contributed by atoms with Crippen LogP contribution in [0.1, 0.15) is 31.7 Å². The summed E-state index contributed by atoms with van der Waals surface area (Å²) in [6.07, 6.45) is 4.87. The van der Waals surface area contributed by atoms with E-state index < -0.39 is 0 Å². The minimum absolute atomic E-state index is 0.651. The maximum Gasteiger partial charge on any atom is 0.0345 e. The molecule has 0 bridgehead atoms. The molecule has 1 fully saturated rings. The monoisotopic (exact) mass is 218 g/mol. The van der Waals surface area contributed by atoms with Gasteiger partial charge < -0.3 is 10.6 Å². The second-order valence-corrected chi connectivity index (χ2v) is 4.62. The van der Waals surface area contributed by atoms with Crippen molar-refractivity contribution < 1.29 is 0 Å². The first-order valence-electron chi connectivity index (χ1n) is 6.44. The molecule has 88 valence electrons. The molecule has 0 amide bonds. The van der Waals surface area contributed by atoms with Crippen LogP contribution in [0.2, 0.25) is 0 Å². The van der Waals surface area contributed by atoms with Crippen molar-refractivity contribution in [1.29, 1.82) is 0 Å². The summed E-state index contributed by atoms with van der Waals surface area (Å²) < 4.78 is 0. The lowest BCUT2D eigenvalue weighted by Crippen LogP contribution is -2.35. The van der Waals surface area contributed by atoms with E-state index in [0.29, 0.717) is 6.04 Å². The lowest BCUT2D eigenvalue weighted by atomic mass is 10.1. The zero-order valence-electron chi connectivity index (χ0n) is 10.1. The van der Waals surface area contributed by atoms with Gasteiger partial charge in [-0.3, -0.25) is 0 Å². The van der Waals surface area contributed by atoms with E-state index in [1.165, 1.54) is 36.9 Å². The van der Waals surface area contributed by atoms with Gasteiger partial charge in [0.25, 0.3) is 0 Å². The van der Waals surface area contributed by atoms with Crippen molar-refractivity contribution >= 4 is 5.69 Å². The summed E-state index contributed by atoms with van der Waals surface area (Å²) >= 11 is 0. The van der Waals surface area contributed by atoms with Crippen LogP contribution in [0, 0.1) is 0 Å². The molecule has 2 N–H and O–H groups in total. The molecule has 1 aromatic rings. The van der Waals surface area contributed by atoms with E-state index in [1.54, 1.807) is 0 Å². The van der Waals surface area contributed by atoms with E-state index in [2.05, 4.69) is 41.8 Å². The van der Waals surface area contributed by atoms with Gasteiger partial charge in [0.1, 0.15) is 0 Å². The van der Waals surface area contributed by atoms with Crippen LogP contribution in [-0.2, 0) is 6.42 Å². The molecule has 1 aliphatic heterocycles. The third-order valence-corrected chi connectivity index (χ3v) is 3.18. The summed E-state index contributed by atoms with van der Waals surface area (Å²) in [6.45, 7) is 4.52. The predicted octanol–water partition coefficient (Wildman–Crippen LogP) is 2.80. The van der Waals surface area contributed by atoms with Gasteiger partial charge in [0.15, 0.2) is 0 Å². The molecule has 0 unspecified atom stereocenters. The van der Waals surface area contributed by atoms with Crippen LogP contribution in [0.4, 0.5) is 5.69 Å². The summed E-state index contributed by atoms with van der Waals surface area (Å²) in [5, 5.41) is 7.03. The predicted molar refractivity (Wildman–Crippen MR) is 70.0 cm³/mol. The number of benzene rings is 1.